The van der Waals surface area contributed by atoms with Gasteiger partial charge in [-0.3, -0.25) is 4.79 Å². The first-order valence-electron chi connectivity index (χ1n) is 7.48. The van der Waals surface area contributed by atoms with E-state index in [4.69, 9.17) is 4.74 Å². The number of benzene rings is 1. The molecule has 2 aliphatic heterocycles. The van der Waals surface area contributed by atoms with Crippen LogP contribution in [0.15, 0.2) is 24.3 Å². The van der Waals surface area contributed by atoms with Gasteiger partial charge in [0.25, 0.3) is 0 Å². The van der Waals surface area contributed by atoms with Gasteiger partial charge in [-0.2, -0.15) is 0 Å². The van der Waals surface area contributed by atoms with Crippen LogP contribution in [0.4, 0.5) is 0 Å². The molecule has 0 aliphatic carbocycles. The molecule has 4 nitrogen and oxygen atoms in total. The highest BCUT2D eigenvalue weighted by atomic mass is 16.5. The van der Waals surface area contributed by atoms with Gasteiger partial charge >= 0.3 is 0 Å². The molecular formula is C16H22N2O2. The molecule has 1 N–H and O–H groups in total. The van der Waals surface area contributed by atoms with Crippen LogP contribution in [0, 0.1) is 5.92 Å². The highest BCUT2D eigenvalue weighted by molar-refractivity contribution is 5.79. The van der Waals surface area contributed by atoms with Crippen LogP contribution in [-0.4, -0.2) is 43.7 Å². The fraction of sp³-hybridized carbons (Fsp3) is 0.562. The van der Waals surface area contributed by atoms with E-state index in [2.05, 4.69) is 29.6 Å². The van der Waals surface area contributed by atoms with Crippen LogP contribution in [0.1, 0.15) is 17.5 Å². The van der Waals surface area contributed by atoms with Gasteiger partial charge in [0.15, 0.2) is 0 Å². The number of rotatable bonds is 1. The normalized spacial score (nSPS) is 23.6. The molecule has 2 heterocycles. The fourth-order valence-corrected chi connectivity index (χ4v) is 3.01. The number of hydrogen-bond acceptors (Lipinski definition) is 3. The van der Waals surface area contributed by atoms with Crippen molar-refractivity contribution in [2.24, 2.45) is 5.92 Å². The van der Waals surface area contributed by atoms with E-state index in [0.717, 1.165) is 39.0 Å². The molecular weight excluding hydrogens is 252 g/mol. The summed E-state index contributed by atoms with van der Waals surface area (Å²) >= 11 is 0. The highest BCUT2D eigenvalue weighted by Gasteiger charge is 2.27. The van der Waals surface area contributed by atoms with E-state index in [1.165, 1.54) is 11.1 Å². The standard InChI is InChI=1S/C16H22N2O2/c19-16(15-10-17-7-9-20-12-15)18-8-3-6-13-4-1-2-5-14(13)11-18/h1-2,4-5,15,17H,3,6-12H2. The van der Waals surface area contributed by atoms with Crippen molar-refractivity contribution >= 4 is 5.91 Å². The number of aryl methyl sites for hydroxylation is 1. The van der Waals surface area contributed by atoms with Crippen molar-refractivity contribution in [3.8, 4) is 0 Å². The Hall–Kier alpha value is -1.39. The van der Waals surface area contributed by atoms with E-state index in [1.807, 2.05) is 4.90 Å². The number of nitrogens with one attached hydrogen (secondary N) is 1. The van der Waals surface area contributed by atoms with Crippen molar-refractivity contribution in [1.82, 2.24) is 10.2 Å². The second-order valence-corrected chi connectivity index (χ2v) is 5.61. The van der Waals surface area contributed by atoms with Crippen LogP contribution < -0.4 is 5.32 Å². The van der Waals surface area contributed by atoms with Crippen LogP contribution in [0.5, 0.6) is 0 Å². The topological polar surface area (TPSA) is 41.6 Å². The Morgan fingerprint density at radius 1 is 1.30 bits per heavy atom. The van der Waals surface area contributed by atoms with Gasteiger partial charge in [0.05, 0.1) is 19.1 Å². The molecule has 1 aromatic carbocycles. The lowest BCUT2D eigenvalue weighted by atomic mass is 10.0. The lowest BCUT2D eigenvalue weighted by molar-refractivity contribution is -0.137. The van der Waals surface area contributed by atoms with Gasteiger partial charge in [0.2, 0.25) is 5.91 Å². The van der Waals surface area contributed by atoms with Gasteiger partial charge in [-0.05, 0) is 24.0 Å². The minimum atomic E-state index is -0.0391. The zero-order valence-corrected chi connectivity index (χ0v) is 11.8. The maximum absolute atomic E-state index is 12.7. The average molecular weight is 274 g/mol. The third-order valence-corrected chi connectivity index (χ3v) is 4.15. The Bertz CT molecular complexity index is 467. The second kappa shape index (κ2) is 6.37. The summed E-state index contributed by atoms with van der Waals surface area (Å²) in [6.07, 6.45) is 2.11. The van der Waals surface area contributed by atoms with Crippen LogP contribution in [-0.2, 0) is 22.5 Å². The predicted molar refractivity (Wildman–Crippen MR) is 77.4 cm³/mol. The molecule has 1 amide bonds. The van der Waals surface area contributed by atoms with Crippen molar-refractivity contribution in [3.05, 3.63) is 35.4 Å². The van der Waals surface area contributed by atoms with Crippen molar-refractivity contribution in [2.75, 3.05) is 32.8 Å². The molecule has 20 heavy (non-hydrogen) atoms. The number of carbonyl (C=O) groups is 1. The van der Waals surface area contributed by atoms with E-state index in [9.17, 15) is 4.79 Å². The Kier molecular flexibility index (Phi) is 4.33. The lowest BCUT2D eigenvalue weighted by Gasteiger charge is -2.25. The van der Waals surface area contributed by atoms with Gasteiger partial charge in [-0.1, -0.05) is 24.3 Å². The smallest absolute Gasteiger partial charge is 0.229 e. The number of hydrogen-bond donors (Lipinski definition) is 1. The van der Waals surface area contributed by atoms with Crippen molar-refractivity contribution in [3.63, 3.8) is 0 Å². The summed E-state index contributed by atoms with van der Waals surface area (Å²) in [7, 11) is 0. The summed E-state index contributed by atoms with van der Waals surface area (Å²) < 4.78 is 5.51. The monoisotopic (exact) mass is 274 g/mol. The molecule has 108 valence electrons. The number of carbonyl (C=O) groups excluding carboxylic acids is 1. The largest absolute Gasteiger partial charge is 0.379 e. The molecule has 1 unspecified atom stereocenters. The Balaban J connectivity index is 1.71. The number of nitrogens with zero attached hydrogens (tertiary/aromatic N) is 1. The van der Waals surface area contributed by atoms with Crippen LogP contribution in [0.25, 0.3) is 0 Å². The van der Waals surface area contributed by atoms with Gasteiger partial charge in [-0.15, -0.1) is 0 Å². The third-order valence-electron chi connectivity index (χ3n) is 4.15. The van der Waals surface area contributed by atoms with E-state index < -0.39 is 0 Å². The van der Waals surface area contributed by atoms with Crippen molar-refractivity contribution in [1.29, 1.82) is 0 Å². The molecule has 1 saturated heterocycles. The summed E-state index contributed by atoms with van der Waals surface area (Å²) in [5, 5.41) is 3.28. The second-order valence-electron chi connectivity index (χ2n) is 5.61. The molecule has 0 aromatic heterocycles. The maximum Gasteiger partial charge on any atom is 0.229 e. The number of ether oxygens (including phenoxy) is 1. The fourth-order valence-electron chi connectivity index (χ4n) is 3.01. The summed E-state index contributed by atoms with van der Waals surface area (Å²) in [4.78, 5) is 14.7. The van der Waals surface area contributed by atoms with Crippen LogP contribution in [0.3, 0.4) is 0 Å². The molecule has 2 aliphatic rings. The third kappa shape index (κ3) is 3.02. The minimum absolute atomic E-state index is 0.0391. The summed E-state index contributed by atoms with van der Waals surface area (Å²) in [5.74, 6) is 0.193. The molecule has 1 atom stereocenters. The van der Waals surface area contributed by atoms with Crippen LogP contribution in [0.2, 0.25) is 0 Å². The zero-order valence-electron chi connectivity index (χ0n) is 11.8. The van der Waals surface area contributed by atoms with Gasteiger partial charge in [0, 0.05) is 26.2 Å². The first-order valence-corrected chi connectivity index (χ1v) is 7.48. The van der Waals surface area contributed by atoms with Gasteiger partial charge in [-0.25, -0.2) is 0 Å². The van der Waals surface area contributed by atoms with Crippen molar-refractivity contribution in [2.45, 2.75) is 19.4 Å². The molecule has 3 rings (SSSR count). The first kappa shape index (κ1) is 13.6. The van der Waals surface area contributed by atoms with Crippen molar-refractivity contribution < 1.29 is 9.53 Å². The van der Waals surface area contributed by atoms with E-state index in [0.29, 0.717) is 13.2 Å². The Morgan fingerprint density at radius 3 is 3.05 bits per heavy atom. The van der Waals surface area contributed by atoms with E-state index in [-0.39, 0.29) is 11.8 Å². The first-order chi connectivity index (χ1) is 9.84. The molecule has 0 saturated carbocycles. The molecule has 4 heteroatoms. The van der Waals surface area contributed by atoms with Gasteiger partial charge in [0.1, 0.15) is 0 Å². The summed E-state index contributed by atoms with van der Waals surface area (Å²) in [6, 6.07) is 8.46. The number of amides is 1. The Labute approximate surface area is 120 Å². The van der Waals surface area contributed by atoms with Crippen LogP contribution >= 0.6 is 0 Å². The predicted octanol–water partition coefficient (Wildman–Crippen LogP) is 1.20. The highest BCUT2D eigenvalue weighted by Crippen LogP contribution is 2.20. The van der Waals surface area contributed by atoms with Gasteiger partial charge < -0.3 is 15.0 Å². The summed E-state index contributed by atoms with van der Waals surface area (Å²) in [5.41, 5.74) is 2.68. The number of fused-ring (bicyclic) bond motifs is 1. The average Bonchev–Trinajstić information content (AvgIpc) is 2.87. The SMILES string of the molecule is O=C(C1CNCCOC1)N1CCCc2ccccc2C1. The van der Waals surface area contributed by atoms with E-state index >= 15 is 0 Å². The lowest BCUT2D eigenvalue weighted by Crippen LogP contribution is -2.40. The molecule has 1 fully saturated rings. The summed E-state index contributed by atoms with van der Waals surface area (Å²) in [6.45, 7) is 4.41. The quantitative estimate of drug-likeness (QED) is 0.836. The zero-order chi connectivity index (χ0) is 13.8. The molecule has 0 spiro atoms. The molecule has 0 bridgehead atoms. The minimum Gasteiger partial charge on any atom is -0.379 e. The maximum atomic E-state index is 12.7. The Morgan fingerprint density at radius 2 is 2.15 bits per heavy atom. The van der Waals surface area contributed by atoms with E-state index in [1.54, 1.807) is 0 Å². The molecule has 0 radical (unpaired) electrons. The molecule has 1 aromatic rings.